The lowest BCUT2D eigenvalue weighted by atomic mass is 9.98. The summed E-state index contributed by atoms with van der Waals surface area (Å²) in [7, 11) is 0. The number of fused-ring (bicyclic) bond motifs is 1. The van der Waals surface area contributed by atoms with Gasteiger partial charge in [0, 0.05) is 25.1 Å². The number of nitrogens with zero attached hydrogens (tertiary/aromatic N) is 5. The first kappa shape index (κ1) is 17.3. The zero-order valence-electron chi connectivity index (χ0n) is 16.2. The third-order valence-corrected chi connectivity index (χ3v) is 5.76. The Kier molecular flexibility index (Phi) is 4.55. The van der Waals surface area contributed by atoms with E-state index in [2.05, 4.69) is 21.2 Å². The van der Waals surface area contributed by atoms with Crippen LogP contribution in [-0.2, 0) is 0 Å². The van der Waals surface area contributed by atoms with Gasteiger partial charge < -0.3 is 9.64 Å². The number of anilines is 1. The van der Waals surface area contributed by atoms with Crippen molar-refractivity contribution < 1.29 is 4.74 Å². The van der Waals surface area contributed by atoms with Crippen molar-refractivity contribution in [2.24, 2.45) is 5.92 Å². The number of hydrogen-bond acceptors (Lipinski definition) is 6. The van der Waals surface area contributed by atoms with Crippen LogP contribution in [0.1, 0.15) is 43.0 Å². The molecule has 2 aliphatic rings. The number of rotatable bonds is 5. The van der Waals surface area contributed by atoms with Gasteiger partial charge in [-0.2, -0.15) is 5.10 Å². The quantitative estimate of drug-likeness (QED) is 0.674. The van der Waals surface area contributed by atoms with E-state index in [9.17, 15) is 0 Å². The molecular weight excluding hydrogens is 350 g/mol. The molecule has 5 rings (SSSR count). The van der Waals surface area contributed by atoms with Gasteiger partial charge >= 0.3 is 0 Å². The Bertz CT molecular complexity index is 962. The highest BCUT2D eigenvalue weighted by Gasteiger charge is 2.26. The summed E-state index contributed by atoms with van der Waals surface area (Å²) in [6.45, 7) is 4.71. The van der Waals surface area contributed by atoms with Gasteiger partial charge in [0.15, 0.2) is 5.82 Å². The van der Waals surface area contributed by atoms with Crippen LogP contribution in [0.3, 0.4) is 0 Å². The van der Waals surface area contributed by atoms with E-state index < -0.39 is 0 Å². The fourth-order valence-electron chi connectivity index (χ4n) is 3.90. The standard InChI is InChI=1S/C22H25N5O/c1-15-22(24-20-5-3-2-4-19(20)23-15)27-12-10-16(11-13-27)14-28-21-9-8-18(25-26-21)17-6-7-17/h2-5,8-9,16-17H,6-7,10-14H2,1H3. The molecule has 2 fully saturated rings. The van der Waals surface area contributed by atoms with Gasteiger partial charge in [0.1, 0.15) is 0 Å². The highest BCUT2D eigenvalue weighted by molar-refractivity contribution is 5.76. The van der Waals surface area contributed by atoms with E-state index in [-0.39, 0.29) is 0 Å². The van der Waals surface area contributed by atoms with Crippen LogP contribution in [0.25, 0.3) is 11.0 Å². The molecule has 0 unspecified atom stereocenters. The average Bonchev–Trinajstić information content (AvgIpc) is 3.58. The van der Waals surface area contributed by atoms with Gasteiger partial charge in [-0.05, 0) is 56.7 Å². The first-order chi connectivity index (χ1) is 13.8. The molecule has 0 atom stereocenters. The molecule has 0 amide bonds. The van der Waals surface area contributed by atoms with Crippen molar-refractivity contribution in [1.82, 2.24) is 20.2 Å². The van der Waals surface area contributed by atoms with Crippen molar-refractivity contribution in [3.05, 3.63) is 47.8 Å². The molecule has 1 aromatic carbocycles. The van der Waals surface area contributed by atoms with Crippen LogP contribution < -0.4 is 9.64 Å². The van der Waals surface area contributed by atoms with E-state index in [0.717, 1.165) is 54.2 Å². The summed E-state index contributed by atoms with van der Waals surface area (Å²) in [4.78, 5) is 11.9. The summed E-state index contributed by atoms with van der Waals surface area (Å²) in [5.41, 5.74) is 4.02. The van der Waals surface area contributed by atoms with Crippen LogP contribution in [0.15, 0.2) is 36.4 Å². The van der Waals surface area contributed by atoms with E-state index >= 15 is 0 Å². The van der Waals surface area contributed by atoms with Crippen LogP contribution in [0.5, 0.6) is 5.88 Å². The van der Waals surface area contributed by atoms with Gasteiger partial charge in [-0.1, -0.05) is 12.1 Å². The second-order valence-electron chi connectivity index (χ2n) is 7.93. The second kappa shape index (κ2) is 7.34. The normalized spacial score (nSPS) is 17.8. The van der Waals surface area contributed by atoms with Crippen LogP contribution in [0, 0.1) is 12.8 Å². The molecule has 144 valence electrons. The summed E-state index contributed by atoms with van der Waals surface area (Å²) >= 11 is 0. The summed E-state index contributed by atoms with van der Waals surface area (Å²) in [5.74, 6) is 2.82. The molecular formula is C22H25N5O. The molecule has 3 aromatic rings. The Labute approximate surface area is 165 Å². The van der Waals surface area contributed by atoms with Crippen LogP contribution in [-0.4, -0.2) is 39.9 Å². The highest BCUT2D eigenvalue weighted by Crippen LogP contribution is 2.38. The number of ether oxygens (including phenoxy) is 1. The van der Waals surface area contributed by atoms with Crippen LogP contribution in [0.4, 0.5) is 5.82 Å². The topological polar surface area (TPSA) is 64.0 Å². The Balaban J connectivity index is 1.17. The Morgan fingerprint density at radius 1 is 0.929 bits per heavy atom. The zero-order valence-corrected chi connectivity index (χ0v) is 16.2. The first-order valence-corrected chi connectivity index (χ1v) is 10.2. The van der Waals surface area contributed by atoms with Gasteiger partial charge in [0.05, 0.1) is 29.0 Å². The first-order valence-electron chi connectivity index (χ1n) is 10.2. The summed E-state index contributed by atoms with van der Waals surface area (Å²) < 4.78 is 5.90. The molecule has 0 radical (unpaired) electrons. The Morgan fingerprint density at radius 3 is 2.36 bits per heavy atom. The molecule has 28 heavy (non-hydrogen) atoms. The number of para-hydroxylation sites is 2. The predicted octanol–water partition coefficient (Wildman–Crippen LogP) is 3.90. The molecule has 2 aromatic heterocycles. The van der Waals surface area contributed by atoms with Crippen molar-refractivity contribution in [3.63, 3.8) is 0 Å². The lowest BCUT2D eigenvalue weighted by Crippen LogP contribution is -2.36. The van der Waals surface area contributed by atoms with Gasteiger partial charge in [-0.25, -0.2) is 9.97 Å². The number of piperidine rings is 1. The number of hydrogen-bond donors (Lipinski definition) is 0. The second-order valence-corrected chi connectivity index (χ2v) is 7.93. The van der Waals surface area contributed by atoms with Crippen LogP contribution in [0.2, 0.25) is 0 Å². The third-order valence-electron chi connectivity index (χ3n) is 5.76. The maximum Gasteiger partial charge on any atom is 0.233 e. The van der Waals surface area contributed by atoms with Crippen LogP contribution >= 0.6 is 0 Å². The van der Waals surface area contributed by atoms with E-state index in [4.69, 9.17) is 14.7 Å². The predicted molar refractivity (Wildman–Crippen MR) is 109 cm³/mol. The van der Waals surface area contributed by atoms with Crippen molar-refractivity contribution in [2.45, 2.75) is 38.5 Å². The lowest BCUT2D eigenvalue weighted by Gasteiger charge is -2.33. The lowest BCUT2D eigenvalue weighted by molar-refractivity contribution is 0.214. The van der Waals surface area contributed by atoms with E-state index in [0.29, 0.717) is 24.3 Å². The monoisotopic (exact) mass is 375 g/mol. The molecule has 1 aliphatic carbocycles. The maximum absolute atomic E-state index is 5.90. The van der Waals surface area contributed by atoms with Crippen molar-refractivity contribution in [3.8, 4) is 5.88 Å². The summed E-state index contributed by atoms with van der Waals surface area (Å²) in [6.07, 6.45) is 4.66. The SMILES string of the molecule is Cc1nc2ccccc2nc1N1CCC(COc2ccc(C3CC3)nn2)CC1. The molecule has 3 heterocycles. The fourth-order valence-corrected chi connectivity index (χ4v) is 3.90. The summed E-state index contributed by atoms with van der Waals surface area (Å²) in [6, 6.07) is 12.1. The highest BCUT2D eigenvalue weighted by atomic mass is 16.5. The molecule has 1 saturated carbocycles. The smallest absolute Gasteiger partial charge is 0.233 e. The Morgan fingerprint density at radius 2 is 1.68 bits per heavy atom. The number of aromatic nitrogens is 4. The molecule has 1 saturated heterocycles. The number of benzene rings is 1. The van der Waals surface area contributed by atoms with E-state index in [1.165, 1.54) is 12.8 Å². The minimum Gasteiger partial charge on any atom is -0.476 e. The minimum atomic E-state index is 0.537. The largest absolute Gasteiger partial charge is 0.476 e. The van der Waals surface area contributed by atoms with Crippen molar-refractivity contribution in [2.75, 3.05) is 24.6 Å². The molecule has 0 N–H and O–H groups in total. The van der Waals surface area contributed by atoms with E-state index in [1.807, 2.05) is 37.3 Å². The van der Waals surface area contributed by atoms with Gasteiger partial charge in [-0.3, -0.25) is 0 Å². The maximum atomic E-state index is 5.90. The number of aryl methyl sites for hydroxylation is 1. The molecule has 1 aliphatic heterocycles. The van der Waals surface area contributed by atoms with Gasteiger partial charge in [-0.15, -0.1) is 5.10 Å². The Hall–Kier alpha value is -2.76. The van der Waals surface area contributed by atoms with Crippen molar-refractivity contribution in [1.29, 1.82) is 0 Å². The fraction of sp³-hybridized carbons (Fsp3) is 0.455. The molecule has 0 spiro atoms. The van der Waals surface area contributed by atoms with Gasteiger partial charge in [0.25, 0.3) is 0 Å². The average molecular weight is 375 g/mol. The van der Waals surface area contributed by atoms with E-state index in [1.54, 1.807) is 0 Å². The summed E-state index contributed by atoms with van der Waals surface area (Å²) in [5, 5.41) is 8.52. The third kappa shape index (κ3) is 3.63. The molecule has 6 nitrogen and oxygen atoms in total. The molecule has 6 heteroatoms. The zero-order chi connectivity index (χ0) is 18.9. The van der Waals surface area contributed by atoms with Gasteiger partial charge in [0.2, 0.25) is 5.88 Å². The minimum absolute atomic E-state index is 0.537. The molecule has 0 bridgehead atoms. The van der Waals surface area contributed by atoms with Crippen molar-refractivity contribution >= 4 is 16.9 Å².